The lowest BCUT2D eigenvalue weighted by Crippen LogP contribution is -2.36. The fourth-order valence-corrected chi connectivity index (χ4v) is 4.92. The minimum atomic E-state index is -0.664. The van der Waals surface area contributed by atoms with Crippen molar-refractivity contribution in [3.05, 3.63) is 107 Å². The van der Waals surface area contributed by atoms with Gasteiger partial charge < -0.3 is 28.8 Å². The topological polar surface area (TPSA) is 118 Å². The molecule has 6 rings (SSSR count). The van der Waals surface area contributed by atoms with Crippen molar-refractivity contribution in [2.24, 2.45) is 0 Å². The molecule has 0 saturated carbocycles. The van der Waals surface area contributed by atoms with Crippen LogP contribution in [0.3, 0.4) is 0 Å². The number of ether oxygens (including phenoxy) is 5. The molecule has 0 spiro atoms. The van der Waals surface area contributed by atoms with E-state index in [0.29, 0.717) is 11.1 Å². The Morgan fingerprint density at radius 3 is 1.78 bits per heavy atom. The molecule has 0 aliphatic carbocycles. The first-order chi connectivity index (χ1) is 19.8. The van der Waals surface area contributed by atoms with Crippen LogP contribution in [0.25, 0.3) is 10.8 Å². The van der Waals surface area contributed by atoms with E-state index in [9.17, 15) is 19.5 Å². The molecule has 9 heteroatoms. The molecular weight excluding hydrogens is 528 g/mol. The summed E-state index contributed by atoms with van der Waals surface area (Å²) in [6.45, 7) is 2.19. The molecule has 0 bridgehead atoms. The predicted molar refractivity (Wildman–Crippen MR) is 146 cm³/mol. The molecule has 4 aromatic rings. The highest BCUT2D eigenvalue weighted by atomic mass is 16.7. The number of hydrogen-bond acceptors (Lipinski definition) is 9. The highest BCUT2D eigenvalue weighted by Gasteiger charge is 2.51. The van der Waals surface area contributed by atoms with E-state index in [2.05, 4.69) is 0 Å². The quantitative estimate of drug-likeness (QED) is 0.269. The molecular formula is C32H26O9. The van der Waals surface area contributed by atoms with Crippen molar-refractivity contribution >= 4 is 28.7 Å². The van der Waals surface area contributed by atoms with E-state index < -0.39 is 42.3 Å². The third kappa shape index (κ3) is 5.63. The fourth-order valence-electron chi connectivity index (χ4n) is 4.92. The van der Waals surface area contributed by atoms with Crippen molar-refractivity contribution in [1.29, 1.82) is 0 Å². The molecule has 0 aromatic heterocycles. The molecule has 4 aromatic carbocycles. The monoisotopic (exact) mass is 554 g/mol. The average Bonchev–Trinajstić information content (AvgIpc) is 3.56. The highest BCUT2D eigenvalue weighted by Crippen LogP contribution is 2.32. The number of aryl methyl sites for hydroxylation is 1. The maximum absolute atomic E-state index is 12.8. The first-order valence-corrected chi connectivity index (χ1v) is 13.1. The number of benzene rings is 4. The van der Waals surface area contributed by atoms with Crippen molar-refractivity contribution in [1.82, 2.24) is 0 Å². The molecule has 2 saturated heterocycles. The Kier molecular flexibility index (Phi) is 7.13. The SMILES string of the molecule is Cc1ccc(C(=O)OC2COC3C(OC(=O)c4ccc(OC(=O)c5ccc6cc(O)ccc6c5)cc4)COC23)cc1. The molecule has 0 radical (unpaired) electrons. The van der Waals surface area contributed by atoms with E-state index in [1.165, 1.54) is 24.3 Å². The first kappa shape index (κ1) is 26.5. The lowest BCUT2D eigenvalue weighted by Gasteiger charge is -2.17. The zero-order valence-electron chi connectivity index (χ0n) is 22.0. The Hall–Kier alpha value is -4.73. The number of carbonyl (C=O) groups excluding carboxylic acids is 3. The van der Waals surface area contributed by atoms with Crippen LogP contribution in [0.2, 0.25) is 0 Å². The standard InChI is InChI=1S/C32H26O9/c1-18-2-4-19(5-3-18)30(34)40-26-16-37-29-27(17-38-28(26)29)41-31(35)20-9-12-25(13-10-20)39-32(36)23-7-6-22-15-24(33)11-8-21(22)14-23/h2-15,26-29,33H,16-17H2,1H3. The van der Waals surface area contributed by atoms with E-state index in [-0.39, 0.29) is 30.3 Å². The van der Waals surface area contributed by atoms with E-state index in [1.807, 2.05) is 19.1 Å². The normalized spacial score (nSPS) is 21.3. The van der Waals surface area contributed by atoms with Gasteiger partial charge >= 0.3 is 17.9 Å². The maximum Gasteiger partial charge on any atom is 0.343 e. The molecule has 2 fully saturated rings. The lowest BCUT2D eigenvalue weighted by molar-refractivity contribution is -0.0287. The van der Waals surface area contributed by atoms with Crippen LogP contribution >= 0.6 is 0 Å². The summed E-state index contributed by atoms with van der Waals surface area (Å²) in [6, 6.07) is 23.0. The Bertz CT molecular complexity index is 1610. The molecule has 4 atom stereocenters. The minimum absolute atomic E-state index is 0.112. The van der Waals surface area contributed by atoms with Crippen LogP contribution in [-0.4, -0.2) is 60.6 Å². The molecule has 2 aliphatic heterocycles. The summed E-state index contributed by atoms with van der Waals surface area (Å²) in [7, 11) is 0. The smallest absolute Gasteiger partial charge is 0.343 e. The van der Waals surface area contributed by atoms with Gasteiger partial charge in [-0.25, -0.2) is 14.4 Å². The van der Waals surface area contributed by atoms with Gasteiger partial charge in [-0.05, 0) is 78.4 Å². The summed E-state index contributed by atoms with van der Waals surface area (Å²) in [6.07, 6.45) is -2.37. The second kappa shape index (κ2) is 11.0. The van der Waals surface area contributed by atoms with E-state index >= 15 is 0 Å². The lowest BCUT2D eigenvalue weighted by atomic mass is 10.1. The zero-order valence-corrected chi connectivity index (χ0v) is 22.0. The van der Waals surface area contributed by atoms with Crippen molar-refractivity contribution in [3.8, 4) is 11.5 Å². The Morgan fingerprint density at radius 1 is 0.659 bits per heavy atom. The summed E-state index contributed by atoms with van der Waals surface area (Å²) in [5.74, 6) is -1.20. The average molecular weight is 555 g/mol. The Labute approximate surface area is 235 Å². The maximum atomic E-state index is 12.8. The van der Waals surface area contributed by atoms with Gasteiger partial charge in [-0.2, -0.15) is 0 Å². The molecule has 208 valence electrons. The van der Waals surface area contributed by atoms with Crippen LogP contribution in [0.5, 0.6) is 11.5 Å². The van der Waals surface area contributed by atoms with Crippen molar-refractivity contribution in [2.75, 3.05) is 13.2 Å². The van der Waals surface area contributed by atoms with Gasteiger partial charge in [-0.15, -0.1) is 0 Å². The van der Waals surface area contributed by atoms with Gasteiger partial charge in [0.2, 0.25) is 0 Å². The number of carbonyl (C=O) groups is 3. The summed E-state index contributed by atoms with van der Waals surface area (Å²) < 4.78 is 28.3. The number of phenolic OH excluding ortho intramolecular Hbond substituents is 1. The zero-order chi connectivity index (χ0) is 28.5. The predicted octanol–water partition coefficient (Wildman–Crippen LogP) is 4.62. The van der Waals surface area contributed by atoms with Crippen LogP contribution < -0.4 is 4.74 Å². The Balaban J connectivity index is 1.03. The molecule has 0 amide bonds. The molecule has 4 unspecified atom stereocenters. The van der Waals surface area contributed by atoms with Gasteiger partial charge in [0.05, 0.1) is 29.9 Å². The Morgan fingerprint density at radius 2 is 1.17 bits per heavy atom. The molecule has 41 heavy (non-hydrogen) atoms. The second-order valence-electron chi connectivity index (χ2n) is 10.0. The second-order valence-corrected chi connectivity index (χ2v) is 10.0. The number of esters is 3. The molecule has 2 heterocycles. The third-order valence-electron chi connectivity index (χ3n) is 7.13. The van der Waals surface area contributed by atoms with Gasteiger partial charge in [-0.1, -0.05) is 29.8 Å². The highest BCUT2D eigenvalue weighted by molar-refractivity contribution is 5.97. The third-order valence-corrected chi connectivity index (χ3v) is 7.13. The number of aromatic hydroxyl groups is 1. The van der Waals surface area contributed by atoms with Gasteiger partial charge in [0.15, 0.2) is 12.2 Å². The van der Waals surface area contributed by atoms with Gasteiger partial charge in [0.25, 0.3) is 0 Å². The van der Waals surface area contributed by atoms with Crippen molar-refractivity contribution in [2.45, 2.75) is 31.3 Å². The molecule has 1 N–H and O–H groups in total. The van der Waals surface area contributed by atoms with Crippen LogP contribution in [0.15, 0.2) is 84.9 Å². The largest absolute Gasteiger partial charge is 0.508 e. The van der Waals surface area contributed by atoms with Crippen LogP contribution in [0.1, 0.15) is 36.6 Å². The van der Waals surface area contributed by atoms with Crippen LogP contribution in [-0.2, 0) is 18.9 Å². The first-order valence-electron chi connectivity index (χ1n) is 13.1. The van der Waals surface area contributed by atoms with Crippen molar-refractivity contribution < 1.29 is 43.2 Å². The number of fused-ring (bicyclic) bond motifs is 2. The molecule has 2 aliphatic rings. The van der Waals surface area contributed by atoms with E-state index in [1.54, 1.807) is 48.5 Å². The summed E-state index contributed by atoms with van der Waals surface area (Å²) >= 11 is 0. The van der Waals surface area contributed by atoms with E-state index in [0.717, 1.165) is 16.3 Å². The number of rotatable bonds is 6. The summed E-state index contributed by atoms with van der Waals surface area (Å²) in [5, 5.41) is 11.2. The van der Waals surface area contributed by atoms with E-state index in [4.69, 9.17) is 23.7 Å². The van der Waals surface area contributed by atoms with Crippen LogP contribution in [0.4, 0.5) is 0 Å². The van der Waals surface area contributed by atoms with Gasteiger partial charge in [0.1, 0.15) is 23.7 Å². The van der Waals surface area contributed by atoms with Gasteiger partial charge in [0, 0.05) is 0 Å². The van der Waals surface area contributed by atoms with Gasteiger partial charge in [-0.3, -0.25) is 0 Å². The van der Waals surface area contributed by atoms with Crippen molar-refractivity contribution in [3.63, 3.8) is 0 Å². The fraction of sp³-hybridized carbons (Fsp3) is 0.219. The summed E-state index contributed by atoms with van der Waals surface area (Å²) in [5.41, 5.74) is 2.09. The number of hydrogen-bond donors (Lipinski definition) is 1. The minimum Gasteiger partial charge on any atom is -0.508 e. The molecule has 9 nitrogen and oxygen atoms in total. The van der Waals surface area contributed by atoms with Crippen LogP contribution in [0, 0.1) is 6.92 Å². The summed E-state index contributed by atoms with van der Waals surface area (Å²) in [4.78, 5) is 38.0. The number of phenols is 1.